The highest BCUT2D eigenvalue weighted by Crippen LogP contribution is 2.45. The van der Waals surface area contributed by atoms with E-state index in [9.17, 15) is 0 Å². The largest absolute Gasteiger partial charge is 0.497 e. The molecular weight excluding hydrogens is 372 g/mol. The smallest absolute Gasteiger partial charge is 0.118 e. The van der Waals surface area contributed by atoms with Gasteiger partial charge < -0.3 is 19.7 Å². The van der Waals surface area contributed by atoms with Crippen LogP contribution in [-0.2, 0) is 16.7 Å². The summed E-state index contributed by atoms with van der Waals surface area (Å²) >= 11 is 0. The Morgan fingerprint density at radius 2 is 1.77 bits per heavy atom. The molecule has 0 amide bonds. The van der Waals surface area contributed by atoms with Crippen LogP contribution in [0.15, 0.2) is 48.5 Å². The van der Waals surface area contributed by atoms with Crippen molar-refractivity contribution in [3.63, 3.8) is 0 Å². The van der Waals surface area contributed by atoms with E-state index in [-0.39, 0.29) is 11.0 Å². The van der Waals surface area contributed by atoms with Crippen molar-refractivity contribution in [2.75, 3.05) is 39.3 Å². The van der Waals surface area contributed by atoms with E-state index < -0.39 is 0 Å². The monoisotopic (exact) mass is 411 g/mol. The first kappa shape index (κ1) is 22.6. The Morgan fingerprint density at radius 1 is 1.07 bits per heavy atom. The second-order valence-corrected chi connectivity index (χ2v) is 9.18. The summed E-state index contributed by atoms with van der Waals surface area (Å²) in [5, 5.41) is 2.45. The molecule has 2 N–H and O–H groups in total. The zero-order valence-electron chi connectivity index (χ0n) is 19.4. The lowest BCUT2D eigenvalue weighted by molar-refractivity contribution is -0.672. The van der Waals surface area contributed by atoms with Gasteiger partial charge in [-0.2, -0.15) is 0 Å². The first-order valence-corrected chi connectivity index (χ1v) is 11.3. The Hall–Kier alpha value is -2.04. The highest BCUT2D eigenvalue weighted by atomic mass is 16.5. The molecule has 30 heavy (non-hydrogen) atoms. The predicted octanol–water partition coefficient (Wildman–Crippen LogP) is 4.13. The van der Waals surface area contributed by atoms with Crippen molar-refractivity contribution in [1.82, 2.24) is 0 Å². The van der Waals surface area contributed by atoms with Crippen LogP contribution < -0.4 is 15.0 Å². The van der Waals surface area contributed by atoms with Crippen LogP contribution in [0.2, 0.25) is 0 Å². The fraction of sp³-hybridized carbons (Fsp3) is 0.538. The third kappa shape index (κ3) is 5.35. The summed E-state index contributed by atoms with van der Waals surface area (Å²) in [6.07, 6.45) is 4.37. The van der Waals surface area contributed by atoms with Gasteiger partial charge in [-0.15, -0.1) is 0 Å². The fourth-order valence-electron chi connectivity index (χ4n) is 4.70. The Morgan fingerprint density at radius 3 is 2.37 bits per heavy atom. The lowest BCUT2D eigenvalue weighted by Crippen LogP contribution is -2.83. The molecule has 3 rings (SSSR count). The topological polar surface area (TPSA) is 38.3 Å². The minimum absolute atomic E-state index is 0.0415. The molecule has 0 bridgehead atoms. The lowest BCUT2D eigenvalue weighted by Gasteiger charge is -2.46. The Bertz CT molecular complexity index is 788. The second-order valence-electron chi connectivity index (χ2n) is 9.18. The summed E-state index contributed by atoms with van der Waals surface area (Å²) in [4.78, 5) is 2.14. The maximum absolute atomic E-state index is 6.20. The van der Waals surface area contributed by atoms with E-state index in [1.807, 2.05) is 0 Å². The van der Waals surface area contributed by atoms with Gasteiger partial charge in [0.15, 0.2) is 0 Å². The van der Waals surface area contributed by atoms with Crippen LogP contribution in [-0.4, -0.2) is 40.0 Å². The average Bonchev–Trinajstić information content (AvgIpc) is 2.77. The number of methoxy groups -OCH3 is 1. The molecule has 1 aliphatic rings. The van der Waals surface area contributed by atoms with Crippen LogP contribution in [0.25, 0.3) is 0 Å². The Balaban J connectivity index is 1.68. The number of quaternary nitrogens is 1. The molecule has 2 aromatic carbocycles. The van der Waals surface area contributed by atoms with Gasteiger partial charge in [0.25, 0.3) is 0 Å². The van der Waals surface area contributed by atoms with Crippen molar-refractivity contribution < 1.29 is 14.8 Å². The van der Waals surface area contributed by atoms with Gasteiger partial charge in [-0.1, -0.05) is 31.2 Å². The van der Waals surface area contributed by atoms with E-state index in [2.05, 4.69) is 86.7 Å². The Kier molecular flexibility index (Phi) is 7.43. The molecule has 4 nitrogen and oxygen atoms in total. The highest BCUT2D eigenvalue weighted by molar-refractivity contribution is 5.45. The number of hydrogen-bond donors (Lipinski definition) is 1. The van der Waals surface area contributed by atoms with E-state index in [1.165, 1.54) is 16.8 Å². The van der Waals surface area contributed by atoms with Gasteiger partial charge >= 0.3 is 0 Å². The van der Waals surface area contributed by atoms with Gasteiger partial charge in [0, 0.05) is 43.8 Å². The summed E-state index contributed by atoms with van der Waals surface area (Å²) in [6.45, 7) is 7.49. The maximum Gasteiger partial charge on any atom is 0.118 e. The maximum atomic E-state index is 6.20. The first-order chi connectivity index (χ1) is 14.4. The number of rotatable bonds is 9. The van der Waals surface area contributed by atoms with Crippen molar-refractivity contribution in [3.05, 3.63) is 59.7 Å². The molecule has 0 aromatic heterocycles. The third-order valence-electron chi connectivity index (χ3n) is 6.85. The van der Waals surface area contributed by atoms with E-state index in [0.29, 0.717) is 0 Å². The number of nitrogens with zero attached hydrogens (tertiary/aromatic N) is 1. The standard InChI is InChI=1S/C26H38N2O2/c1-6-25(2)20-26(16-18-30-25,22-9-13-24(29-5)14-10-22)15-17-27-19-21-7-11-23(12-8-21)28(3)4/h7-14,27H,6,15-20H2,1-5H3/p+1/t25-,26+/m1/s1. The third-order valence-corrected chi connectivity index (χ3v) is 6.85. The van der Waals surface area contributed by atoms with E-state index in [0.717, 1.165) is 51.1 Å². The molecule has 1 saturated heterocycles. The molecule has 1 aliphatic heterocycles. The molecule has 1 fully saturated rings. The summed E-state index contributed by atoms with van der Waals surface area (Å²) in [5.41, 5.74) is 4.18. The number of benzene rings is 2. The van der Waals surface area contributed by atoms with Gasteiger partial charge in [-0.05, 0) is 56.0 Å². The van der Waals surface area contributed by atoms with Crippen molar-refractivity contribution in [3.8, 4) is 5.75 Å². The van der Waals surface area contributed by atoms with Crippen LogP contribution in [0.4, 0.5) is 5.69 Å². The van der Waals surface area contributed by atoms with Gasteiger partial charge in [-0.25, -0.2) is 0 Å². The van der Waals surface area contributed by atoms with E-state index in [4.69, 9.17) is 9.47 Å². The molecule has 0 unspecified atom stereocenters. The zero-order valence-corrected chi connectivity index (χ0v) is 19.4. The van der Waals surface area contributed by atoms with Gasteiger partial charge in [0.05, 0.1) is 19.3 Å². The lowest BCUT2D eigenvalue weighted by atomic mass is 9.66. The van der Waals surface area contributed by atoms with Crippen LogP contribution in [0, 0.1) is 0 Å². The summed E-state index contributed by atoms with van der Waals surface area (Å²) in [7, 11) is 5.89. The first-order valence-electron chi connectivity index (χ1n) is 11.3. The fourth-order valence-corrected chi connectivity index (χ4v) is 4.70. The second kappa shape index (κ2) is 9.84. The normalized spacial score (nSPS) is 23.9. The van der Waals surface area contributed by atoms with Crippen LogP contribution >= 0.6 is 0 Å². The predicted molar refractivity (Wildman–Crippen MR) is 124 cm³/mol. The van der Waals surface area contributed by atoms with Crippen molar-refractivity contribution >= 4 is 5.69 Å². The number of nitrogens with two attached hydrogens (primary N) is 1. The SMILES string of the molecule is CC[C@]1(C)C[C@@](CC[NH2+]Cc2ccc(N(C)C)cc2)(c2ccc(OC)cc2)CCO1. The van der Waals surface area contributed by atoms with E-state index in [1.54, 1.807) is 7.11 Å². The minimum atomic E-state index is -0.0415. The summed E-state index contributed by atoms with van der Waals surface area (Å²) in [6, 6.07) is 17.6. The number of hydrogen-bond acceptors (Lipinski definition) is 3. The van der Waals surface area contributed by atoms with Crippen molar-refractivity contribution in [2.45, 2.75) is 57.1 Å². The van der Waals surface area contributed by atoms with Gasteiger partial charge in [-0.3, -0.25) is 0 Å². The molecule has 0 radical (unpaired) electrons. The minimum Gasteiger partial charge on any atom is -0.497 e. The number of ether oxygens (including phenoxy) is 2. The molecule has 0 spiro atoms. The molecule has 0 saturated carbocycles. The quantitative estimate of drug-likeness (QED) is 0.631. The molecule has 2 atom stereocenters. The molecule has 4 heteroatoms. The van der Waals surface area contributed by atoms with Gasteiger partial charge in [0.2, 0.25) is 0 Å². The van der Waals surface area contributed by atoms with Crippen LogP contribution in [0.5, 0.6) is 5.75 Å². The van der Waals surface area contributed by atoms with E-state index >= 15 is 0 Å². The highest BCUT2D eigenvalue weighted by Gasteiger charge is 2.43. The average molecular weight is 412 g/mol. The Labute approximate surface area is 182 Å². The van der Waals surface area contributed by atoms with Gasteiger partial charge in [0.1, 0.15) is 12.3 Å². The van der Waals surface area contributed by atoms with Crippen LogP contribution in [0.3, 0.4) is 0 Å². The summed E-state index contributed by atoms with van der Waals surface area (Å²) in [5.74, 6) is 0.923. The molecule has 1 heterocycles. The van der Waals surface area contributed by atoms with Crippen molar-refractivity contribution in [2.24, 2.45) is 0 Å². The number of anilines is 1. The summed E-state index contributed by atoms with van der Waals surface area (Å²) < 4.78 is 11.6. The molecule has 2 aromatic rings. The van der Waals surface area contributed by atoms with Crippen molar-refractivity contribution in [1.29, 1.82) is 0 Å². The molecular formula is C26H39N2O2+. The van der Waals surface area contributed by atoms with Crippen LogP contribution in [0.1, 0.15) is 50.7 Å². The molecule has 0 aliphatic carbocycles. The molecule has 164 valence electrons. The zero-order chi connectivity index (χ0) is 21.6.